The summed E-state index contributed by atoms with van der Waals surface area (Å²) in [6.07, 6.45) is -11.3. The van der Waals surface area contributed by atoms with Gasteiger partial charge in [0.1, 0.15) is 5.56 Å². The molecule has 2 amide bonds. The van der Waals surface area contributed by atoms with Gasteiger partial charge in [0.15, 0.2) is 0 Å². The lowest BCUT2D eigenvalue weighted by atomic mass is 9.92. The van der Waals surface area contributed by atoms with Crippen LogP contribution in [0.1, 0.15) is 44.7 Å². The van der Waals surface area contributed by atoms with Crippen LogP contribution in [0.2, 0.25) is 0 Å². The SMILES string of the molecule is Cc1cc(C(F)(C(F)(F)F)C(F)(F)F)ccc1NC(=O)c1cccc([N+](=O)[O-])c1C(=O)NC1CC1. The Morgan fingerprint density at radius 2 is 1.57 bits per heavy atom. The molecule has 1 aliphatic rings. The standard InChI is InChI=1S/C21H16F7N3O4/c1-10-9-11(19(22,20(23,24)25)21(26,27)28)5-8-14(10)30-17(32)13-3-2-4-15(31(34)35)16(13)18(33)29-12-6-7-12/h2-5,8-9,12H,6-7H2,1H3,(H,29,33)(H,30,32). The number of hydrogen-bond acceptors (Lipinski definition) is 4. The Morgan fingerprint density at radius 1 is 0.971 bits per heavy atom. The average Bonchev–Trinajstić information content (AvgIpc) is 3.56. The van der Waals surface area contributed by atoms with Crippen LogP contribution in [0.25, 0.3) is 0 Å². The quantitative estimate of drug-likeness (QED) is 0.313. The number of nitrogens with one attached hydrogen (secondary N) is 2. The molecule has 0 radical (unpaired) electrons. The first-order chi connectivity index (χ1) is 16.1. The summed E-state index contributed by atoms with van der Waals surface area (Å²) in [4.78, 5) is 35.9. The van der Waals surface area contributed by atoms with Gasteiger partial charge < -0.3 is 10.6 Å². The van der Waals surface area contributed by atoms with Crippen molar-refractivity contribution in [2.75, 3.05) is 5.32 Å². The zero-order chi connectivity index (χ0) is 26.3. The number of aryl methyl sites for hydroxylation is 1. The van der Waals surface area contributed by atoms with E-state index in [0.717, 1.165) is 25.1 Å². The lowest BCUT2D eigenvalue weighted by Crippen LogP contribution is -2.50. The largest absolute Gasteiger partial charge is 0.435 e. The van der Waals surface area contributed by atoms with E-state index in [1.54, 1.807) is 0 Å². The molecule has 1 saturated carbocycles. The maximum Gasteiger partial charge on any atom is 0.435 e. The Morgan fingerprint density at radius 3 is 2.06 bits per heavy atom. The molecule has 14 heteroatoms. The van der Waals surface area contributed by atoms with Gasteiger partial charge in [-0.2, -0.15) is 26.3 Å². The average molecular weight is 507 g/mol. The third kappa shape index (κ3) is 4.91. The maximum atomic E-state index is 14.3. The molecule has 35 heavy (non-hydrogen) atoms. The molecule has 2 aromatic rings. The van der Waals surface area contributed by atoms with Gasteiger partial charge in [0.05, 0.1) is 10.5 Å². The molecule has 1 aliphatic carbocycles. The highest BCUT2D eigenvalue weighted by Gasteiger charge is 2.73. The summed E-state index contributed by atoms with van der Waals surface area (Å²) in [5, 5.41) is 16.1. The molecule has 2 N–H and O–H groups in total. The molecule has 0 saturated heterocycles. The molecule has 2 aromatic carbocycles. The van der Waals surface area contributed by atoms with E-state index in [0.29, 0.717) is 18.9 Å². The van der Waals surface area contributed by atoms with Crippen LogP contribution >= 0.6 is 0 Å². The van der Waals surface area contributed by atoms with E-state index in [4.69, 9.17) is 0 Å². The van der Waals surface area contributed by atoms with Crippen LogP contribution < -0.4 is 10.6 Å². The van der Waals surface area contributed by atoms with E-state index in [1.165, 1.54) is 0 Å². The van der Waals surface area contributed by atoms with Crippen molar-refractivity contribution >= 4 is 23.2 Å². The van der Waals surface area contributed by atoms with E-state index in [-0.39, 0.29) is 29.4 Å². The molecule has 188 valence electrons. The van der Waals surface area contributed by atoms with Crippen LogP contribution in [-0.2, 0) is 5.67 Å². The Bertz CT molecular complexity index is 1180. The van der Waals surface area contributed by atoms with Gasteiger partial charge in [-0.1, -0.05) is 18.2 Å². The second kappa shape index (κ2) is 8.82. The van der Waals surface area contributed by atoms with Crippen molar-refractivity contribution in [3.63, 3.8) is 0 Å². The predicted octanol–water partition coefficient (Wildman–Crippen LogP) is 5.34. The van der Waals surface area contributed by atoms with Crippen LogP contribution in [-0.4, -0.2) is 35.1 Å². The summed E-state index contributed by atoms with van der Waals surface area (Å²) in [6.45, 7) is 1.03. The van der Waals surface area contributed by atoms with Crippen molar-refractivity contribution in [1.29, 1.82) is 0 Å². The molecule has 0 atom stereocenters. The smallest absolute Gasteiger partial charge is 0.349 e. The summed E-state index contributed by atoms with van der Waals surface area (Å²) in [6, 6.07) is 4.14. The van der Waals surface area contributed by atoms with Crippen molar-refractivity contribution in [3.8, 4) is 0 Å². The van der Waals surface area contributed by atoms with Crippen LogP contribution in [0.5, 0.6) is 0 Å². The van der Waals surface area contributed by atoms with Gasteiger partial charge in [0.2, 0.25) is 0 Å². The highest BCUT2D eigenvalue weighted by molar-refractivity contribution is 6.14. The van der Waals surface area contributed by atoms with E-state index in [9.17, 15) is 50.4 Å². The molecule has 0 aliphatic heterocycles. The monoisotopic (exact) mass is 507 g/mol. The zero-order valence-corrected chi connectivity index (χ0v) is 17.7. The van der Waals surface area contributed by atoms with Crippen LogP contribution in [0, 0.1) is 17.0 Å². The number of nitro groups is 1. The topological polar surface area (TPSA) is 101 Å². The molecule has 0 unspecified atom stereocenters. The van der Waals surface area contributed by atoms with Gasteiger partial charge >= 0.3 is 18.0 Å². The lowest BCUT2D eigenvalue weighted by molar-refractivity contribution is -0.385. The summed E-state index contributed by atoms with van der Waals surface area (Å²) in [5.74, 6) is -1.99. The second-order valence-electron chi connectivity index (χ2n) is 7.84. The van der Waals surface area contributed by atoms with E-state index >= 15 is 0 Å². The molecule has 1 fully saturated rings. The molecule has 0 heterocycles. The van der Waals surface area contributed by atoms with Crippen molar-refractivity contribution < 1.29 is 45.2 Å². The first-order valence-electron chi connectivity index (χ1n) is 9.91. The van der Waals surface area contributed by atoms with E-state index < -0.39 is 57.1 Å². The molecule has 0 spiro atoms. The Hall–Kier alpha value is -3.71. The number of amides is 2. The first kappa shape index (κ1) is 25.9. The van der Waals surface area contributed by atoms with Gasteiger partial charge in [-0.05, 0) is 37.5 Å². The minimum Gasteiger partial charge on any atom is -0.349 e. The Kier molecular flexibility index (Phi) is 6.53. The predicted molar refractivity (Wildman–Crippen MR) is 108 cm³/mol. The number of rotatable bonds is 6. The van der Waals surface area contributed by atoms with Crippen molar-refractivity contribution in [2.45, 2.75) is 43.8 Å². The zero-order valence-electron chi connectivity index (χ0n) is 17.7. The van der Waals surface area contributed by atoms with Gasteiger partial charge in [-0.3, -0.25) is 19.7 Å². The maximum absolute atomic E-state index is 14.3. The summed E-state index contributed by atoms with van der Waals surface area (Å²) < 4.78 is 92.4. The Balaban J connectivity index is 1.97. The van der Waals surface area contributed by atoms with Crippen LogP contribution in [0.15, 0.2) is 36.4 Å². The van der Waals surface area contributed by atoms with Gasteiger partial charge in [0.25, 0.3) is 17.5 Å². The van der Waals surface area contributed by atoms with Gasteiger partial charge in [-0.15, -0.1) is 0 Å². The number of hydrogen-bond donors (Lipinski definition) is 2. The van der Waals surface area contributed by atoms with Gasteiger partial charge in [0, 0.05) is 23.4 Å². The van der Waals surface area contributed by atoms with Crippen molar-refractivity contribution in [2.24, 2.45) is 0 Å². The lowest BCUT2D eigenvalue weighted by Gasteiger charge is -2.30. The van der Waals surface area contributed by atoms with E-state index in [1.807, 2.05) is 0 Å². The number of halogens is 7. The third-order valence-corrected chi connectivity index (χ3v) is 5.28. The van der Waals surface area contributed by atoms with Gasteiger partial charge in [-0.25, -0.2) is 4.39 Å². The summed E-state index contributed by atoms with van der Waals surface area (Å²) in [7, 11) is 0. The van der Waals surface area contributed by atoms with E-state index in [2.05, 4.69) is 10.6 Å². The second-order valence-corrected chi connectivity index (χ2v) is 7.84. The van der Waals surface area contributed by atoms with Crippen LogP contribution in [0.3, 0.4) is 0 Å². The third-order valence-electron chi connectivity index (χ3n) is 5.28. The summed E-state index contributed by atoms with van der Waals surface area (Å²) >= 11 is 0. The fourth-order valence-corrected chi connectivity index (χ4v) is 3.30. The fraction of sp³-hybridized carbons (Fsp3) is 0.333. The molecule has 0 aromatic heterocycles. The molecule has 0 bridgehead atoms. The van der Waals surface area contributed by atoms with Crippen LogP contribution in [0.4, 0.5) is 42.1 Å². The highest BCUT2D eigenvalue weighted by Crippen LogP contribution is 2.53. The number of alkyl halides is 7. The van der Waals surface area contributed by atoms with Crippen molar-refractivity contribution in [3.05, 3.63) is 68.8 Å². The fourth-order valence-electron chi connectivity index (χ4n) is 3.30. The minimum atomic E-state index is -6.31. The molecule has 3 rings (SSSR count). The Labute approximate surface area is 192 Å². The number of benzene rings is 2. The number of nitro benzene ring substituents is 1. The molecular weight excluding hydrogens is 491 g/mol. The molecular formula is C21H16F7N3O4. The number of carbonyl (C=O) groups excluding carboxylic acids is 2. The van der Waals surface area contributed by atoms with Crippen molar-refractivity contribution in [1.82, 2.24) is 5.32 Å². The number of nitrogens with zero attached hydrogens (tertiary/aromatic N) is 1. The normalized spacial score (nSPS) is 14.4. The summed E-state index contributed by atoms with van der Waals surface area (Å²) in [5.41, 5.74) is -9.75. The highest BCUT2D eigenvalue weighted by atomic mass is 19.4. The first-order valence-corrected chi connectivity index (χ1v) is 9.91. The molecule has 7 nitrogen and oxygen atoms in total. The number of anilines is 1. The number of carbonyl (C=O) groups is 2. The minimum absolute atomic E-state index is 0.212.